The van der Waals surface area contributed by atoms with Gasteiger partial charge in [-0.2, -0.15) is 4.98 Å². The van der Waals surface area contributed by atoms with Gasteiger partial charge >= 0.3 is 0 Å². The average molecular weight is 425 g/mol. The molecule has 2 amide bonds. The van der Waals surface area contributed by atoms with Crippen molar-refractivity contribution in [2.24, 2.45) is 0 Å². The first-order valence-electron chi connectivity index (χ1n) is 10.7. The number of fused-ring (bicyclic) bond motifs is 1. The highest BCUT2D eigenvalue weighted by Crippen LogP contribution is 2.32. The molecule has 2 aliphatic heterocycles. The smallest absolute Gasteiger partial charge is 0.258 e. The summed E-state index contributed by atoms with van der Waals surface area (Å²) in [4.78, 5) is 47.8. The van der Waals surface area contributed by atoms with Gasteiger partial charge < -0.3 is 20.3 Å². The monoisotopic (exact) mass is 425 g/mol. The molecule has 0 aliphatic carbocycles. The second-order valence-electron chi connectivity index (χ2n) is 7.91. The molecule has 2 atom stereocenters. The van der Waals surface area contributed by atoms with Crippen LogP contribution in [0.2, 0.25) is 0 Å². The van der Waals surface area contributed by atoms with Crippen LogP contribution in [0.5, 0.6) is 5.75 Å². The fourth-order valence-electron chi connectivity index (χ4n) is 4.20. The van der Waals surface area contributed by atoms with Gasteiger partial charge in [-0.3, -0.25) is 19.4 Å². The van der Waals surface area contributed by atoms with E-state index in [1.165, 1.54) is 0 Å². The van der Waals surface area contributed by atoms with E-state index in [0.29, 0.717) is 24.0 Å². The summed E-state index contributed by atoms with van der Waals surface area (Å²) < 4.78 is 5.55. The Morgan fingerprint density at radius 2 is 2.10 bits per heavy atom. The Labute approximate surface area is 180 Å². The summed E-state index contributed by atoms with van der Waals surface area (Å²) in [6.07, 6.45) is 3.04. The maximum absolute atomic E-state index is 13.1. The number of amides is 2. The molecule has 1 aromatic heterocycles. The van der Waals surface area contributed by atoms with Gasteiger partial charge in [0.15, 0.2) is 0 Å². The van der Waals surface area contributed by atoms with Gasteiger partial charge in [0, 0.05) is 19.0 Å². The number of aromatic amines is 1. The van der Waals surface area contributed by atoms with Gasteiger partial charge in [-0.25, -0.2) is 0 Å². The number of rotatable bonds is 5. The minimum atomic E-state index is -0.942. The molecule has 1 fully saturated rings. The lowest BCUT2D eigenvalue weighted by Gasteiger charge is -2.34. The Morgan fingerprint density at radius 3 is 2.87 bits per heavy atom. The highest BCUT2D eigenvalue weighted by atomic mass is 16.5. The standard InChI is InChI=1S/C22H27N5O4/c1-3-31-16-10-5-4-9-15(16)23-20(29)14-12-17(28)24-19-18(14)21(30)26-22(25-19)27-11-7-6-8-13(27)2/h4-5,9-10,13-14H,3,6-8,11-12H2,1-2H3,(H,23,29)(H2,24,25,26,28,30)/t13-,14-/m0/s1. The summed E-state index contributed by atoms with van der Waals surface area (Å²) >= 11 is 0. The lowest BCUT2D eigenvalue weighted by molar-refractivity contribution is -0.123. The number of hydrogen-bond acceptors (Lipinski definition) is 6. The topological polar surface area (TPSA) is 116 Å². The number of benzene rings is 1. The number of nitrogens with one attached hydrogen (secondary N) is 3. The molecule has 0 spiro atoms. The third-order valence-corrected chi connectivity index (χ3v) is 5.77. The number of piperidine rings is 1. The quantitative estimate of drug-likeness (QED) is 0.678. The zero-order chi connectivity index (χ0) is 22.0. The van der Waals surface area contributed by atoms with E-state index < -0.39 is 17.4 Å². The van der Waals surface area contributed by atoms with Crippen LogP contribution in [0.4, 0.5) is 17.5 Å². The van der Waals surface area contributed by atoms with Gasteiger partial charge in [-0.15, -0.1) is 0 Å². The van der Waals surface area contributed by atoms with Crippen LogP contribution in [0, 0.1) is 0 Å². The van der Waals surface area contributed by atoms with Crippen molar-refractivity contribution < 1.29 is 14.3 Å². The molecule has 164 valence electrons. The first-order valence-corrected chi connectivity index (χ1v) is 10.7. The number of nitrogens with zero attached hydrogens (tertiary/aromatic N) is 2. The molecule has 3 N–H and O–H groups in total. The Kier molecular flexibility index (Phi) is 5.92. The maximum Gasteiger partial charge on any atom is 0.258 e. The second kappa shape index (κ2) is 8.79. The SMILES string of the molecule is CCOc1ccccc1NC(=O)[C@H]1CC(=O)Nc2nc(N3CCCC[C@@H]3C)[nH]c(=O)c21. The number of carbonyl (C=O) groups is 2. The molecule has 9 heteroatoms. The van der Waals surface area contributed by atoms with Gasteiger partial charge in [0.1, 0.15) is 11.6 Å². The molecule has 31 heavy (non-hydrogen) atoms. The van der Waals surface area contributed by atoms with E-state index in [9.17, 15) is 14.4 Å². The van der Waals surface area contributed by atoms with Crippen LogP contribution in [-0.4, -0.2) is 41.0 Å². The Balaban J connectivity index is 1.65. The number of H-pyrrole nitrogens is 1. The largest absolute Gasteiger partial charge is 0.492 e. The zero-order valence-corrected chi connectivity index (χ0v) is 17.7. The van der Waals surface area contributed by atoms with Crippen molar-refractivity contribution in [1.82, 2.24) is 9.97 Å². The summed E-state index contributed by atoms with van der Waals surface area (Å²) in [7, 11) is 0. The van der Waals surface area contributed by atoms with Crippen molar-refractivity contribution in [3.8, 4) is 5.75 Å². The maximum atomic E-state index is 13.1. The molecule has 2 aromatic rings. The summed E-state index contributed by atoms with van der Waals surface area (Å²) in [5.41, 5.74) is 0.264. The molecule has 0 bridgehead atoms. The highest BCUT2D eigenvalue weighted by Gasteiger charge is 2.36. The molecule has 0 unspecified atom stereocenters. The Hall–Kier alpha value is -3.36. The third-order valence-electron chi connectivity index (χ3n) is 5.77. The van der Waals surface area contributed by atoms with Crippen molar-refractivity contribution in [1.29, 1.82) is 0 Å². The van der Waals surface area contributed by atoms with Crippen LogP contribution in [0.15, 0.2) is 29.1 Å². The first-order chi connectivity index (χ1) is 15.0. The van der Waals surface area contributed by atoms with Gasteiger partial charge in [0.05, 0.1) is 23.8 Å². The van der Waals surface area contributed by atoms with Crippen molar-refractivity contribution in [3.63, 3.8) is 0 Å². The normalized spacial score (nSPS) is 20.6. The molecule has 0 saturated carbocycles. The van der Waals surface area contributed by atoms with Crippen molar-refractivity contribution in [2.75, 3.05) is 28.7 Å². The molecule has 9 nitrogen and oxygen atoms in total. The van der Waals surface area contributed by atoms with E-state index in [1.807, 2.05) is 17.9 Å². The van der Waals surface area contributed by atoms with E-state index in [-0.39, 0.29) is 29.8 Å². The van der Waals surface area contributed by atoms with E-state index in [4.69, 9.17) is 4.74 Å². The van der Waals surface area contributed by atoms with Gasteiger partial charge in [0.2, 0.25) is 17.8 Å². The Morgan fingerprint density at radius 1 is 1.29 bits per heavy atom. The van der Waals surface area contributed by atoms with Gasteiger partial charge in [-0.1, -0.05) is 12.1 Å². The molecule has 1 saturated heterocycles. The van der Waals surface area contributed by atoms with E-state index in [2.05, 4.69) is 27.5 Å². The number of anilines is 3. The van der Waals surface area contributed by atoms with Crippen molar-refractivity contribution >= 4 is 29.3 Å². The molecule has 4 rings (SSSR count). The average Bonchev–Trinajstić information content (AvgIpc) is 2.74. The predicted octanol–water partition coefficient (Wildman–Crippen LogP) is 2.61. The summed E-state index contributed by atoms with van der Waals surface area (Å²) in [5.74, 6) is -0.621. The van der Waals surface area contributed by atoms with E-state index in [0.717, 1.165) is 25.8 Å². The molecule has 2 aliphatic rings. The second-order valence-corrected chi connectivity index (χ2v) is 7.91. The van der Waals surface area contributed by atoms with Crippen LogP contribution in [0.3, 0.4) is 0 Å². The summed E-state index contributed by atoms with van der Waals surface area (Å²) in [5, 5.41) is 5.48. The van der Waals surface area contributed by atoms with Crippen LogP contribution >= 0.6 is 0 Å². The zero-order valence-electron chi connectivity index (χ0n) is 17.7. The number of aromatic nitrogens is 2. The lowest BCUT2D eigenvalue weighted by Crippen LogP contribution is -2.42. The van der Waals surface area contributed by atoms with Crippen LogP contribution in [0.25, 0.3) is 0 Å². The van der Waals surface area contributed by atoms with Gasteiger partial charge in [0.25, 0.3) is 5.56 Å². The molecular formula is C22H27N5O4. The molecule has 3 heterocycles. The van der Waals surface area contributed by atoms with Crippen LogP contribution in [-0.2, 0) is 9.59 Å². The van der Waals surface area contributed by atoms with Crippen molar-refractivity contribution in [3.05, 3.63) is 40.2 Å². The van der Waals surface area contributed by atoms with Crippen LogP contribution < -0.4 is 25.8 Å². The number of hydrogen-bond donors (Lipinski definition) is 3. The fourth-order valence-corrected chi connectivity index (χ4v) is 4.20. The summed E-state index contributed by atoms with van der Waals surface area (Å²) in [6.45, 7) is 5.17. The minimum absolute atomic E-state index is 0.125. The minimum Gasteiger partial charge on any atom is -0.492 e. The number of carbonyl (C=O) groups excluding carboxylic acids is 2. The first kappa shape index (κ1) is 20.9. The lowest BCUT2D eigenvalue weighted by atomic mass is 9.92. The predicted molar refractivity (Wildman–Crippen MR) is 118 cm³/mol. The van der Waals surface area contributed by atoms with E-state index in [1.54, 1.807) is 18.2 Å². The van der Waals surface area contributed by atoms with Crippen molar-refractivity contribution in [2.45, 2.75) is 51.5 Å². The van der Waals surface area contributed by atoms with Gasteiger partial charge in [-0.05, 0) is 45.2 Å². The molecular weight excluding hydrogens is 398 g/mol. The number of para-hydroxylation sites is 2. The molecule has 1 aromatic carbocycles. The van der Waals surface area contributed by atoms with E-state index >= 15 is 0 Å². The van der Waals surface area contributed by atoms with Crippen LogP contribution in [0.1, 0.15) is 51.0 Å². The summed E-state index contributed by atoms with van der Waals surface area (Å²) in [6, 6.07) is 7.29. The fraction of sp³-hybridized carbons (Fsp3) is 0.455. The third kappa shape index (κ3) is 4.26. The number of ether oxygens (including phenoxy) is 1. The Bertz CT molecular complexity index is 1050. The molecule has 0 radical (unpaired) electrons. The highest BCUT2D eigenvalue weighted by molar-refractivity contribution is 6.05.